The van der Waals surface area contributed by atoms with Crippen molar-refractivity contribution in [2.24, 2.45) is 0 Å². The molecule has 0 saturated carbocycles. The van der Waals surface area contributed by atoms with Crippen LogP contribution in [-0.4, -0.2) is 17.4 Å². The summed E-state index contributed by atoms with van der Waals surface area (Å²) in [6.45, 7) is 0. The number of halogens is 3. The number of nitrogens with zero attached hydrogens (tertiary/aromatic N) is 1. The van der Waals surface area contributed by atoms with Gasteiger partial charge in [-0.1, -0.05) is 5.16 Å². The van der Waals surface area contributed by atoms with Crippen molar-refractivity contribution < 1.29 is 27.5 Å². The van der Waals surface area contributed by atoms with Crippen LogP contribution in [0.25, 0.3) is 11.3 Å². The summed E-state index contributed by atoms with van der Waals surface area (Å²) in [6, 6.07) is 3.12. The van der Waals surface area contributed by atoms with E-state index in [2.05, 4.69) is 9.89 Å². The van der Waals surface area contributed by atoms with E-state index in [1.54, 1.807) is 0 Å². The van der Waals surface area contributed by atoms with Crippen LogP contribution in [0.2, 0.25) is 0 Å². The summed E-state index contributed by atoms with van der Waals surface area (Å²) in [5.41, 5.74) is 4.27. The fourth-order valence-corrected chi connectivity index (χ4v) is 1.62. The lowest BCUT2D eigenvalue weighted by molar-refractivity contribution is -0.138. The van der Waals surface area contributed by atoms with Crippen molar-refractivity contribution in [3.05, 3.63) is 23.8 Å². The maximum atomic E-state index is 12.7. The van der Waals surface area contributed by atoms with Crippen LogP contribution in [0.15, 0.2) is 22.7 Å². The number of benzene rings is 1. The van der Waals surface area contributed by atoms with Crippen LogP contribution in [0.5, 0.6) is 11.5 Å². The summed E-state index contributed by atoms with van der Waals surface area (Å²) < 4.78 is 47.5. The zero-order valence-electron chi connectivity index (χ0n) is 9.65. The quantitative estimate of drug-likeness (QED) is 0.879. The van der Waals surface area contributed by atoms with Crippen molar-refractivity contribution in [2.45, 2.75) is 6.18 Å². The molecule has 0 bridgehead atoms. The van der Waals surface area contributed by atoms with Gasteiger partial charge in [-0.2, -0.15) is 13.2 Å². The van der Waals surface area contributed by atoms with Gasteiger partial charge in [0.1, 0.15) is 5.56 Å². The van der Waals surface area contributed by atoms with Gasteiger partial charge in [-0.05, 0) is 12.1 Å². The minimum Gasteiger partial charge on any atom is -0.504 e. The number of hydrogen-bond donors (Lipinski definition) is 2. The number of ether oxygens (including phenoxy) is 1. The third kappa shape index (κ3) is 2.28. The van der Waals surface area contributed by atoms with E-state index in [-0.39, 0.29) is 17.1 Å². The highest BCUT2D eigenvalue weighted by Crippen LogP contribution is 2.45. The number of methoxy groups -OCH3 is 1. The number of nitrogens with two attached hydrogens (primary N) is 1. The first kappa shape index (κ1) is 13.1. The molecule has 0 amide bonds. The maximum Gasteiger partial charge on any atom is 0.420 e. The Hall–Kier alpha value is -2.38. The van der Waals surface area contributed by atoms with Gasteiger partial charge in [-0.25, -0.2) is 0 Å². The van der Waals surface area contributed by atoms with E-state index in [9.17, 15) is 18.3 Å². The number of phenols is 1. The average molecular weight is 274 g/mol. The van der Waals surface area contributed by atoms with Crippen LogP contribution >= 0.6 is 0 Å². The van der Waals surface area contributed by atoms with Gasteiger partial charge in [-0.15, -0.1) is 0 Å². The molecule has 0 saturated heterocycles. The first-order valence-corrected chi connectivity index (χ1v) is 5.04. The summed E-state index contributed by atoms with van der Waals surface area (Å²) in [6.07, 6.45) is -4.64. The smallest absolute Gasteiger partial charge is 0.420 e. The molecular weight excluding hydrogens is 265 g/mol. The van der Waals surface area contributed by atoms with Crippen LogP contribution in [0.1, 0.15) is 5.56 Å². The van der Waals surface area contributed by atoms with Crippen molar-refractivity contribution >= 4 is 5.82 Å². The van der Waals surface area contributed by atoms with Gasteiger partial charge in [0.25, 0.3) is 0 Å². The summed E-state index contributed by atoms with van der Waals surface area (Å²) in [4.78, 5) is 0. The average Bonchev–Trinajstić information content (AvgIpc) is 2.74. The molecule has 2 aromatic rings. The Bertz CT molecular complexity index is 608. The van der Waals surface area contributed by atoms with Gasteiger partial charge in [0.2, 0.25) is 0 Å². The zero-order chi connectivity index (χ0) is 14.2. The lowest BCUT2D eigenvalue weighted by Gasteiger charge is -2.14. The Morgan fingerprint density at radius 1 is 1.37 bits per heavy atom. The second-order valence-electron chi connectivity index (χ2n) is 3.66. The first-order valence-electron chi connectivity index (χ1n) is 5.04. The van der Waals surface area contributed by atoms with Gasteiger partial charge in [0, 0.05) is 6.07 Å². The molecular formula is C11H9F3N2O3. The Morgan fingerprint density at radius 3 is 2.53 bits per heavy atom. The minimum atomic E-state index is -4.64. The molecule has 0 aliphatic rings. The van der Waals surface area contributed by atoms with Crippen LogP contribution in [0, 0.1) is 0 Å². The third-order valence-electron chi connectivity index (χ3n) is 2.43. The van der Waals surface area contributed by atoms with Gasteiger partial charge in [0.15, 0.2) is 23.1 Å². The molecule has 1 aromatic carbocycles. The topological polar surface area (TPSA) is 81.5 Å². The second-order valence-corrected chi connectivity index (χ2v) is 3.66. The van der Waals surface area contributed by atoms with E-state index in [1.807, 2.05) is 0 Å². The summed E-state index contributed by atoms with van der Waals surface area (Å²) in [5.74, 6) is -1.27. The largest absolute Gasteiger partial charge is 0.504 e. The number of rotatable bonds is 2. The molecule has 0 radical (unpaired) electrons. The Morgan fingerprint density at radius 2 is 2.05 bits per heavy atom. The first-order chi connectivity index (χ1) is 8.84. The number of phenolic OH excluding ortho intramolecular Hbond substituents is 1. The van der Waals surface area contributed by atoms with E-state index in [4.69, 9.17) is 10.3 Å². The molecule has 0 fully saturated rings. The van der Waals surface area contributed by atoms with E-state index in [1.165, 1.54) is 6.07 Å². The second kappa shape index (κ2) is 4.38. The predicted octanol–water partition coefficient (Wildman–Crippen LogP) is 2.66. The Balaban J connectivity index is 2.61. The number of nitrogen functional groups attached to an aromatic ring is 1. The molecule has 1 aromatic heterocycles. The van der Waals surface area contributed by atoms with Crippen LogP contribution < -0.4 is 10.5 Å². The molecule has 0 unspecified atom stereocenters. The monoisotopic (exact) mass is 274 g/mol. The van der Waals surface area contributed by atoms with Gasteiger partial charge < -0.3 is 20.1 Å². The van der Waals surface area contributed by atoms with Crippen molar-refractivity contribution in [1.29, 1.82) is 0 Å². The lowest BCUT2D eigenvalue weighted by atomic mass is 10.1. The zero-order valence-corrected chi connectivity index (χ0v) is 9.65. The van der Waals surface area contributed by atoms with E-state index in [0.29, 0.717) is 0 Å². The lowest BCUT2D eigenvalue weighted by Crippen LogP contribution is -2.07. The highest BCUT2D eigenvalue weighted by atomic mass is 19.4. The molecule has 5 nitrogen and oxygen atoms in total. The molecule has 8 heteroatoms. The van der Waals surface area contributed by atoms with Crippen LogP contribution in [0.4, 0.5) is 19.0 Å². The van der Waals surface area contributed by atoms with Gasteiger partial charge in [-0.3, -0.25) is 0 Å². The van der Waals surface area contributed by atoms with Crippen LogP contribution in [0.3, 0.4) is 0 Å². The molecule has 19 heavy (non-hydrogen) atoms. The predicted molar refractivity (Wildman–Crippen MR) is 59.6 cm³/mol. The summed E-state index contributed by atoms with van der Waals surface area (Å²) in [7, 11) is 1.03. The summed E-state index contributed by atoms with van der Waals surface area (Å²) >= 11 is 0. The molecule has 1 heterocycles. The standard InChI is InChI=1S/C11H9F3N2O3/c1-18-10-6(11(12,13)14)3-2-5(9(10)17)7-4-8(15)16-19-7/h2-4,17H,1H3,(H2,15,16). The number of hydrogen-bond acceptors (Lipinski definition) is 5. The Labute approximate surface area is 105 Å². The highest BCUT2D eigenvalue weighted by Gasteiger charge is 2.36. The Kier molecular flexibility index (Phi) is 3.01. The SMILES string of the molecule is COc1c(C(F)(F)F)ccc(-c2cc(N)no2)c1O. The molecule has 102 valence electrons. The van der Waals surface area contributed by atoms with Crippen molar-refractivity contribution in [3.8, 4) is 22.8 Å². The van der Waals surface area contributed by atoms with E-state index < -0.39 is 23.2 Å². The van der Waals surface area contributed by atoms with Crippen molar-refractivity contribution in [2.75, 3.05) is 12.8 Å². The molecule has 0 aliphatic carbocycles. The number of anilines is 1. The summed E-state index contributed by atoms with van der Waals surface area (Å²) in [5, 5.41) is 13.2. The fraction of sp³-hybridized carbons (Fsp3) is 0.182. The molecule has 0 atom stereocenters. The fourth-order valence-electron chi connectivity index (χ4n) is 1.62. The number of aromatic hydroxyl groups is 1. The van der Waals surface area contributed by atoms with E-state index in [0.717, 1.165) is 19.2 Å². The van der Waals surface area contributed by atoms with Crippen molar-refractivity contribution in [1.82, 2.24) is 5.16 Å². The molecule has 2 rings (SSSR count). The molecule has 0 spiro atoms. The van der Waals surface area contributed by atoms with Crippen molar-refractivity contribution in [3.63, 3.8) is 0 Å². The van der Waals surface area contributed by atoms with Crippen LogP contribution in [-0.2, 0) is 6.18 Å². The number of alkyl halides is 3. The highest BCUT2D eigenvalue weighted by molar-refractivity contribution is 5.72. The minimum absolute atomic E-state index is 0.00838. The molecule has 3 N–H and O–H groups in total. The van der Waals surface area contributed by atoms with Gasteiger partial charge >= 0.3 is 6.18 Å². The van der Waals surface area contributed by atoms with E-state index >= 15 is 0 Å². The number of aromatic nitrogens is 1. The maximum absolute atomic E-state index is 12.7. The normalized spacial score (nSPS) is 11.6. The van der Waals surface area contributed by atoms with Gasteiger partial charge in [0.05, 0.1) is 12.7 Å². The molecule has 0 aliphatic heterocycles. The third-order valence-corrected chi connectivity index (χ3v) is 2.43.